The van der Waals surface area contributed by atoms with Crippen molar-refractivity contribution in [2.24, 2.45) is 5.73 Å². The summed E-state index contributed by atoms with van der Waals surface area (Å²) in [7, 11) is -3.83. The normalized spacial score (nSPS) is 34.8. The van der Waals surface area contributed by atoms with Crippen LogP contribution < -0.4 is 5.73 Å². The minimum atomic E-state index is -3.83. The number of nitrogens with two attached hydrogens (primary N) is 1. The first-order chi connectivity index (χ1) is 13.7. The zero-order chi connectivity index (χ0) is 22.2. The summed E-state index contributed by atoms with van der Waals surface area (Å²) >= 11 is 0. The van der Waals surface area contributed by atoms with Gasteiger partial charge in [-0.05, 0) is 53.7 Å². The number of amides is 1. The maximum Gasteiger partial charge on any atom is 0.411 e. The van der Waals surface area contributed by atoms with Gasteiger partial charge in [0.25, 0.3) is 0 Å². The molecule has 2 N–H and O–H groups in total. The number of fused-ring (bicyclic) bond motifs is 5. The van der Waals surface area contributed by atoms with Crippen LogP contribution in [-0.4, -0.2) is 66.4 Å². The Bertz CT molecular complexity index is 953. The van der Waals surface area contributed by atoms with Gasteiger partial charge in [-0.3, -0.25) is 4.90 Å². The quantitative estimate of drug-likeness (QED) is 0.752. The molecule has 8 nitrogen and oxygen atoms in total. The topological polar surface area (TPSA) is 108 Å². The Kier molecular flexibility index (Phi) is 4.78. The van der Waals surface area contributed by atoms with Crippen molar-refractivity contribution in [1.82, 2.24) is 4.90 Å². The molecular formula is C21H30N2O6S. The molecule has 1 aromatic carbocycles. The van der Waals surface area contributed by atoms with Crippen molar-refractivity contribution in [2.75, 3.05) is 0 Å². The fraction of sp³-hybridized carbons (Fsp3) is 0.667. The molecule has 0 radical (unpaired) electrons. The Labute approximate surface area is 177 Å². The molecule has 0 unspecified atom stereocenters. The number of hydrogen-bond donors (Lipinski definition) is 1. The second-order valence-corrected chi connectivity index (χ2v) is 11.9. The molecule has 9 heteroatoms. The fourth-order valence-electron chi connectivity index (χ4n) is 4.87. The summed E-state index contributed by atoms with van der Waals surface area (Å²) < 4.78 is 44.8. The van der Waals surface area contributed by atoms with Crippen molar-refractivity contribution < 1.29 is 27.4 Å². The number of carbonyl (C=O) groups excluding carboxylic acids is 1. The van der Waals surface area contributed by atoms with Crippen LogP contribution in [0.3, 0.4) is 0 Å². The molecule has 3 heterocycles. The Morgan fingerprint density at radius 1 is 1.10 bits per heavy atom. The van der Waals surface area contributed by atoms with E-state index in [1.807, 2.05) is 6.92 Å². The van der Waals surface area contributed by atoms with Crippen LogP contribution in [0.1, 0.15) is 40.2 Å². The molecule has 2 bridgehead atoms. The number of ether oxygens (including phenoxy) is 3. The van der Waals surface area contributed by atoms with Crippen LogP contribution in [-0.2, 0) is 24.0 Å². The van der Waals surface area contributed by atoms with Gasteiger partial charge in [-0.25, -0.2) is 13.2 Å². The lowest BCUT2D eigenvalue weighted by atomic mass is 9.91. The van der Waals surface area contributed by atoms with E-state index in [0.29, 0.717) is 0 Å². The average Bonchev–Trinajstić information content (AvgIpc) is 3.16. The number of nitrogens with zero attached hydrogens (tertiary/aromatic N) is 1. The summed E-state index contributed by atoms with van der Waals surface area (Å²) in [4.78, 5) is 14.7. The van der Waals surface area contributed by atoms with E-state index in [0.717, 1.165) is 5.56 Å². The maximum atomic E-state index is 13.6. The summed E-state index contributed by atoms with van der Waals surface area (Å²) in [6.45, 7) is 10.7. The molecule has 30 heavy (non-hydrogen) atoms. The van der Waals surface area contributed by atoms with E-state index in [2.05, 4.69) is 0 Å². The summed E-state index contributed by atoms with van der Waals surface area (Å²) in [5, 5.41) is -1.02. The third-order valence-corrected chi connectivity index (χ3v) is 8.14. The first kappa shape index (κ1) is 21.5. The molecule has 4 rings (SSSR count). The van der Waals surface area contributed by atoms with Crippen LogP contribution in [0.4, 0.5) is 4.79 Å². The first-order valence-electron chi connectivity index (χ1n) is 10.2. The molecule has 3 aliphatic heterocycles. The number of hydrogen-bond acceptors (Lipinski definition) is 7. The van der Waals surface area contributed by atoms with Gasteiger partial charge in [0.2, 0.25) is 0 Å². The Morgan fingerprint density at radius 3 is 2.17 bits per heavy atom. The van der Waals surface area contributed by atoms with Crippen LogP contribution in [0.25, 0.3) is 0 Å². The first-order valence-corrected chi connectivity index (χ1v) is 11.7. The molecule has 0 aromatic heterocycles. The van der Waals surface area contributed by atoms with Gasteiger partial charge in [0.1, 0.15) is 23.1 Å². The van der Waals surface area contributed by atoms with Crippen LogP contribution >= 0.6 is 0 Å². The number of carbonyl (C=O) groups is 1. The van der Waals surface area contributed by atoms with E-state index < -0.39 is 62.9 Å². The molecule has 3 saturated heterocycles. The number of sulfone groups is 1. The van der Waals surface area contributed by atoms with E-state index in [1.54, 1.807) is 58.9 Å². The second kappa shape index (κ2) is 6.66. The molecule has 3 fully saturated rings. The predicted octanol–water partition coefficient (Wildman–Crippen LogP) is 1.99. The lowest BCUT2D eigenvalue weighted by Crippen LogP contribution is -2.57. The van der Waals surface area contributed by atoms with Crippen LogP contribution in [0.5, 0.6) is 0 Å². The maximum absolute atomic E-state index is 13.6. The lowest BCUT2D eigenvalue weighted by molar-refractivity contribution is -0.161. The van der Waals surface area contributed by atoms with E-state index in [9.17, 15) is 13.2 Å². The van der Waals surface area contributed by atoms with Gasteiger partial charge < -0.3 is 19.9 Å². The SMILES string of the molecule is Cc1ccc(S(=O)(=O)[C@@H]2[C@@H](N)[C@H]3[C@@H]4OC(C)(C)O[C@@H]4[C@@H]2N3C(=O)OC(C)(C)C)cc1. The Balaban J connectivity index is 1.76. The highest BCUT2D eigenvalue weighted by molar-refractivity contribution is 7.92. The highest BCUT2D eigenvalue weighted by atomic mass is 32.2. The van der Waals surface area contributed by atoms with Crippen molar-refractivity contribution in [1.29, 1.82) is 0 Å². The fourth-order valence-corrected chi connectivity index (χ4v) is 6.92. The van der Waals surface area contributed by atoms with Gasteiger partial charge in [0.05, 0.1) is 17.0 Å². The number of rotatable bonds is 2. The summed E-state index contributed by atoms with van der Waals surface area (Å²) in [5.74, 6) is -0.881. The van der Waals surface area contributed by atoms with Gasteiger partial charge in [-0.2, -0.15) is 0 Å². The standard InChI is InChI=1S/C21H30N2O6S/c1-11-7-9-12(10-8-11)30(25,26)18-13(22)14-16-17(28-21(5,6)27-16)15(18)23(14)19(24)29-20(2,3)4/h7-10,13-18H,22H2,1-6H3/t13-,14-,15-,16-,17+,18+/m0/s1. The van der Waals surface area contributed by atoms with Crippen molar-refractivity contribution in [3.8, 4) is 0 Å². The monoisotopic (exact) mass is 438 g/mol. The zero-order valence-corrected chi connectivity index (χ0v) is 19.0. The predicted molar refractivity (Wildman–Crippen MR) is 110 cm³/mol. The van der Waals surface area contributed by atoms with E-state index in [-0.39, 0.29) is 4.90 Å². The highest BCUT2D eigenvalue weighted by Crippen LogP contribution is 2.50. The van der Waals surface area contributed by atoms with Gasteiger partial charge in [0.15, 0.2) is 15.6 Å². The van der Waals surface area contributed by atoms with Crippen molar-refractivity contribution in [2.45, 2.75) is 93.4 Å². The van der Waals surface area contributed by atoms with Gasteiger partial charge >= 0.3 is 6.09 Å². The van der Waals surface area contributed by atoms with Gasteiger partial charge in [0, 0.05) is 6.04 Å². The minimum Gasteiger partial charge on any atom is -0.444 e. The number of aryl methyl sites for hydroxylation is 1. The average molecular weight is 439 g/mol. The molecule has 6 atom stereocenters. The third kappa shape index (κ3) is 3.32. The van der Waals surface area contributed by atoms with Crippen LogP contribution in [0, 0.1) is 6.92 Å². The summed E-state index contributed by atoms with van der Waals surface area (Å²) in [6, 6.07) is 4.38. The van der Waals surface area contributed by atoms with Crippen LogP contribution in [0.15, 0.2) is 29.2 Å². The van der Waals surface area contributed by atoms with E-state index in [1.165, 1.54) is 4.90 Å². The largest absolute Gasteiger partial charge is 0.444 e. The molecule has 1 amide bonds. The molecule has 0 saturated carbocycles. The van der Waals surface area contributed by atoms with E-state index >= 15 is 0 Å². The number of benzene rings is 1. The van der Waals surface area contributed by atoms with Crippen molar-refractivity contribution in [3.05, 3.63) is 29.8 Å². The zero-order valence-electron chi connectivity index (χ0n) is 18.2. The molecule has 0 spiro atoms. The van der Waals surface area contributed by atoms with Crippen molar-refractivity contribution >= 4 is 15.9 Å². The summed E-state index contributed by atoms with van der Waals surface area (Å²) in [5.41, 5.74) is 6.71. The summed E-state index contributed by atoms with van der Waals surface area (Å²) in [6.07, 6.45) is -1.70. The minimum absolute atomic E-state index is 0.181. The molecular weight excluding hydrogens is 408 g/mol. The van der Waals surface area contributed by atoms with Crippen LogP contribution in [0.2, 0.25) is 0 Å². The molecule has 3 aliphatic rings. The molecule has 166 valence electrons. The smallest absolute Gasteiger partial charge is 0.411 e. The Morgan fingerprint density at radius 2 is 1.63 bits per heavy atom. The van der Waals surface area contributed by atoms with Gasteiger partial charge in [-0.1, -0.05) is 17.7 Å². The molecule has 1 aromatic rings. The molecule has 0 aliphatic carbocycles. The third-order valence-electron chi connectivity index (χ3n) is 5.90. The highest BCUT2D eigenvalue weighted by Gasteiger charge is 2.72. The van der Waals surface area contributed by atoms with Crippen molar-refractivity contribution in [3.63, 3.8) is 0 Å². The Hall–Kier alpha value is -1.68. The second-order valence-electron chi connectivity index (χ2n) is 9.83. The lowest BCUT2D eigenvalue weighted by Gasteiger charge is -2.31. The van der Waals surface area contributed by atoms with E-state index in [4.69, 9.17) is 19.9 Å². The van der Waals surface area contributed by atoms with Gasteiger partial charge in [-0.15, -0.1) is 0 Å².